The van der Waals surface area contributed by atoms with Crippen molar-refractivity contribution in [1.29, 1.82) is 0 Å². The van der Waals surface area contributed by atoms with Gasteiger partial charge in [-0.05, 0) is 58.3 Å². The minimum absolute atomic E-state index is 0.000641. The third-order valence-corrected chi connectivity index (χ3v) is 15.8. The molecule has 21 atom stereocenters. The van der Waals surface area contributed by atoms with E-state index in [4.69, 9.17) is 47.4 Å². The number of Topliss-reactive ketones (excluding diaryl/α,β-unsaturated/α-hetero) is 1. The Labute approximate surface area is 474 Å². The lowest BCUT2D eigenvalue weighted by Crippen LogP contribution is -2.71. The van der Waals surface area contributed by atoms with Gasteiger partial charge in [0.05, 0.1) is 42.5 Å². The minimum Gasteiger partial charge on any atom is -0.507 e. The number of amides is 1. The monoisotopic (exact) mass is 1140 g/mol. The van der Waals surface area contributed by atoms with Crippen molar-refractivity contribution in [1.82, 2.24) is 9.88 Å². The van der Waals surface area contributed by atoms with E-state index in [1.807, 2.05) is 20.8 Å². The lowest BCUT2D eigenvalue weighted by atomic mass is 9.70. The topological polar surface area (TPSA) is 302 Å². The zero-order valence-electron chi connectivity index (χ0n) is 48.9. The Morgan fingerprint density at radius 3 is 2.07 bits per heavy atom. The summed E-state index contributed by atoms with van der Waals surface area (Å²) in [7, 11) is 7.22. The van der Waals surface area contributed by atoms with Crippen LogP contribution < -0.4 is 10.9 Å². The maximum absolute atomic E-state index is 14.1. The predicted octanol–water partition coefficient (Wildman–Crippen LogP) is 2.75. The first kappa shape index (κ1) is 67.2. The Kier molecular flexibility index (Phi) is 24.7. The molecule has 0 radical (unpaired) electrons. The summed E-state index contributed by atoms with van der Waals surface area (Å²) in [6.07, 6.45) is 1.89. The number of aromatic hydroxyl groups is 1. The molecule has 22 nitrogen and oxygen atoms in total. The van der Waals surface area contributed by atoms with Gasteiger partial charge in [-0.2, -0.15) is 0 Å². The number of aryl methyl sites for hydroxylation is 1. The van der Waals surface area contributed by atoms with E-state index in [-0.39, 0.29) is 24.1 Å². The molecule has 4 aliphatic heterocycles. The summed E-state index contributed by atoms with van der Waals surface area (Å²) in [6.45, 7) is 15.6. The number of ketones is 1. The Morgan fingerprint density at radius 1 is 0.802 bits per heavy atom. The molecular weight excluding hydrogens is 1060 g/mol. The molecule has 4 saturated heterocycles. The number of carbonyl (C=O) groups is 2. The predicted molar refractivity (Wildman–Crippen MR) is 296 cm³/mol. The van der Waals surface area contributed by atoms with Gasteiger partial charge < -0.3 is 93.0 Å². The third kappa shape index (κ3) is 15.0. The van der Waals surface area contributed by atoms with E-state index in [0.29, 0.717) is 0 Å². The van der Waals surface area contributed by atoms with E-state index in [2.05, 4.69) is 5.32 Å². The van der Waals surface area contributed by atoms with Crippen LogP contribution in [0.3, 0.4) is 0 Å². The van der Waals surface area contributed by atoms with Crippen molar-refractivity contribution in [2.75, 3.05) is 35.0 Å². The number of rotatable bonds is 24. The molecule has 0 saturated carbocycles. The van der Waals surface area contributed by atoms with Gasteiger partial charge in [-0.3, -0.25) is 14.4 Å². The first-order valence-corrected chi connectivity index (χ1v) is 27.4. The van der Waals surface area contributed by atoms with Crippen molar-refractivity contribution in [3.8, 4) is 5.75 Å². The second-order valence-electron chi connectivity index (χ2n) is 21.7. The minimum atomic E-state index is -2.53. The van der Waals surface area contributed by atoms with Gasteiger partial charge >= 0.3 is 0 Å². The summed E-state index contributed by atoms with van der Waals surface area (Å²) in [4.78, 5) is 39.4. The van der Waals surface area contributed by atoms with Crippen molar-refractivity contribution >= 4 is 11.7 Å². The second-order valence-corrected chi connectivity index (χ2v) is 21.7. The highest BCUT2D eigenvalue weighted by Crippen LogP contribution is 2.47. The van der Waals surface area contributed by atoms with Crippen LogP contribution in [0.25, 0.3) is 0 Å². The number of methoxy groups -OCH3 is 4. The molecule has 0 aliphatic carbocycles. The van der Waals surface area contributed by atoms with Crippen molar-refractivity contribution < 1.29 is 92.7 Å². The average Bonchev–Trinajstić information content (AvgIpc) is 3.72. The van der Waals surface area contributed by atoms with Crippen LogP contribution in [0.15, 0.2) is 101 Å². The highest BCUT2D eigenvalue weighted by atomic mass is 16.8. The summed E-state index contributed by atoms with van der Waals surface area (Å²) in [5.74, 6) is -6.00. The van der Waals surface area contributed by atoms with Gasteiger partial charge in [-0.15, -0.1) is 0 Å². The Balaban J connectivity index is 1.24. The summed E-state index contributed by atoms with van der Waals surface area (Å²) in [6, 6.07) is 1.27. The number of hydrogen-bond acceptors (Lipinski definition) is 20. The molecular formula is C59H88N2O20. The average molecular weight is 1150 g/mol. The lowest BCUT2D eigenvalue weighted by Gasteiger charge is -2.55. The molecule has 1 aromatic heterocycles. The molecule has 5 rings (SSSR count). The third-order valence-electron chi connectivity index (χ3n) is 15.8. The van der Waals surface area contributed by atoms with Gasteiger partial charge in [-0.1, -0.05) is 101 Å². The Hall–Kier alpha value is -4.57. The molecule has 8 N–H and O–H groups in total. The van der Waals surface area contributed by atoms with Crippen molar-refractivity contribution in [3.05, 3.63) is 112 Å². The van der Waals surface area contributed by atoms with Crippen LogP contribution in [0.1, 0.15) is 79.1 Å². The van der Waals surface area contributed by atoms with E-state index >= 15 is 0 Å². The number of allylic oxidation sites excluding steroid dienone is 10. The van der Waals surface area contributed by atoms with Crippen molar-refractivity contribution in [2.45, 2.75) is 185 Å². The van der Waals surface area contributed by atoms with Gasteiger partial charge in [0.2, 0.25) is 11.7 Å². The molecule has 4 aliphatic rings. The van der Waals surface area contributed by atoms with Crippen LogP contribution >= 0.6 is 0 Å². The molecule has 0 spiro atoms. The fourth-order valence-corrected chi connectivity index (χ4v) is 11.0. The molecule has 0 aromatic carbocycles. The van der Waals surface area contributed by atoms with Crippen LogP contribution in [-0.4, -0.2) is 203 Å². The zero-order chi connectivity index (χ0) is 60.3. The van der Waals surface area contributed by atoms with Gasteiger partial charge in [-0.25, -0.2) is 0 Å². The standard InChI is InChI=1S/C59H88N2O20/c1-15-17-19-27-39-58(8,9)53(80-56-45(67)50(74-13)49(35(7)76-56)79-57-51(75-14)44(66)48(73-12)34(6)77-57)52(68)59(71,81-39)36(16-2)54(69)60-29-23-22-25-32(4)46(72-11)33(5)47-43(65)42(64)38(78-47)26-21-18-20-24-31(3)41(63)40-37(62)28-30-61(10)55(40)70/h15,17-28,30,33-36,38-39,42-53,56-57,62,64-68,71H,16,29H2,1-14H3,(H,60,69)/b17-15-,20-18+,23-22+,26-21+,27-19+,31-24+,32-25+/t33-,34+,35-,36-,38-,39+,42+,43+,44-,45-,46-,47?,48+,49-,50+,51-,52-,53+,56+,57+,59-/m1/s1. The number of nitrogens with zero attached hydrogens (tertiary/aromatic N) is 1. The highest BCUT2D eigenvalue weighted by molar-refractivity contribution is 6.09. The van der Waals surface area contributed by atoms with E-state index < -0.39 is 156 Å². The smallest absolute Gasteiger partial charge is 0.265 e. The molecule has 81 heavy (non-hydrogen) atoms. The molecule has 0 bridgehead atoms. The molecule has 22 heteroatoms. The molecule has 1 aromatic rings. The van der Waals surface area contributed by atoms with Crippen molar-refractivity contribution in [3.63, 3.8) is 0 Å². The summed E-state index contributed by atoms with van der Waals surface area (Å²) in [5.41, 5.74) is -1.14. The van der Waals surface area contributed by atoms with Crippen LogP contribution in [-0.2, 0) is 59.2 Å². The Bertz CT molecular complexity index is 2520. The normalized spacial score (nSPS) is 36.3. The number of nitrogens with one attached hydrogen (secondary N) is 1. The SMILES string of the molecule is C/C=C\C=C\[C@@H]1O[C@](O)([C@H](CC)C(=O)NC/C=C/C=C(\C)[C@@H](OC)[C@@H](C)C2O[C@H](/C=C/C=C/C=C(\C)C(=O)c3c(O)ccn(C)c3=O)[C@H](O)[C@@H]2O)[C@H](O)[C@H](O[C@@H]2O[C@H](C)[C@@H](O[C@@H]3O[C@@H](C)[C@H](OC)[C@@H](O)[C@H]3OC)[C@@H](OC)[C@H]2O)C1(C)C. The molecule has 1 unspecified atom stereocenters. The maximum Gasteiger partial charge on any atom is 0.265 e. The van der Waals surface area contributed by atoms with Crippen LogP contribution in [0.5, 0.6) is 5.75 Å². The number of hydrogen-bond donors (Lipinski definition) is 8. The number of aliphatic hydroxyl groups excluding tert-OH is 5. The van der Waals surface area contributed by atoms with Gasteiger partial charge in [0, 0.05) is 59.6 Å². The maximum atomic E-state index is 14.1. The lowest BCUT2D eigenvalue weighted by molar-refractivity contribution is -0.399. The van der Waals surface area contributed by atoms with Gasteiger partial charge in [0.15, 0.2) is 18.4 Å². The number of carbonyl (C=O) groups excluding carboxylic acids is 2. The fraction of sp³-hybridized carbons (Fsp3) is 0.644. The summed E-state index contributed by atoms with van der Waals surface area (Å²) < 4.78 is 61.5. The largest absolute Gasteiger partial charge is 0.507 e. The first-order chi connectivity index (χ1) is 38.3. The number of aliphatic hydroxyl groups is 6. The molecule has 454 valence electrons. The van der Waals surface area contributed by atoms with Gasteiger partial charge in [0.1, 0.15) is 72.4 Å². The quantitative estimate of drug-likeness (QED) is 0.0419. The van der Waals surface area contributed by atoms with Crippen LogP contribution in [0, 0.1) is 17.3 Å². The number of ether oxygens (including phenoxy) is 10. The van der Waals surface area contributed by atoms with E-state index in [1.165, 1.54) is 65.3 Å². The molecule has 1 amide bonds. The second kappa shape index (κ2) is 29.8. The first-order valence-electron chi connectivity index (χ1n) is 27.4. The summed E-state index contributed by atoms with van der Waals surface area (Å²) >= 11 is 0. The van der Waals surface area contributed by atoms with Crippen LogP contribution in [0.2, 0.25) is 0 Å². The fourth-order valence-electron chi connectivity index (χ4n) is 11.0. The summed E-state index contributed by atoms with van der Waals surface area (Å²) in [5, 5.41) is 82.6. The molecule has 5 heterocycles. The van der Waals surface area contributed by atoms with Crippen LogP contribution in [0.4, 0.5) is 0 Å². The van der Waals surface area contributed by atoms with E-state index in [0.717, 1.165) is 5.57 Å². The Morgan fingerprint density at radius 2 is 1.44 bits per heavy atom. The number of pyridine rings is 1. The number of aromatic nitrogens is 1. The van der Waals surface area contributed by atoms with E-state index in [1.54, 1.807) is 101 Å². The molecule has 4 fully saturated rings. The zero-order valence-corrected chi connectivity index (χ0v) is 48.9. The van der Waals surface area contributed by atoms with E-state index in [9.17, 15) is 50.1 Å². The van der Waals surface area contributed by atoms with Crippen molar-refractivity contribution in [2.24, 2.45) is 24.3 Å². The highest BCUT2D eigenvalue weighted by Gasteiger charge is 2.63. The van der Waals surface area contributed by atoms with Gasteiger partial charge in [0.25, 0.3) is 5.56 Å².